The molecule has 1 aliphatic heterocycles. The largest absolute Gasteiger partial charge is 0.334 e. The number of rotatable bonds is 2. The molecule has 0 aromatic heterocycles. The summed E-state index contributed by atoms with van der Waals surface area (Å²) in [5, 5.41) is 0. The fourth-order valence-electron chi connectivity index (χ4n) is 2.13. The van der Waals surface area contributed by atoms with Crippen LogP contribution in [-0.4, -0.2) is 44.0 Å². The van der Waals surface area contributed by atoms with E-state index in [1.54, 1.807) is 0 Å². The number of carbonyl (C=O) groups excluding carboxylic acids is 1. The van der Waals surface area contributed by atoms with Gasteiger partial charge < -0.3 is 9.80 Å². The minimum absolute atomic E-state index is 0.265. The van der Waals surface area contributed by atoms with Gasteiger partial charge in [0.1, 0.15) is 0 Å². The average molecular weight is 233 g/mol. The van der Waals surface area contributed by atoms with Crippen LogP contribution >= 0.6 is 0 Å². The van der Waals surface area contributed by atoms with Crippen molar-refractivity contribution in [2.24, 2.45) is 0 Å². The van der Waals surface area contributed by atoms with E-state index in [0.29, 0.717) is 6.42 Å². The highest BCUT2D eigenvalue weighted by Gasteiger charge is 2.20. The maximum Gasteiger partial charge on any atom is 0.227 e. The van der Waals surface area contributed by atoms with Crippen molar-refractivity contribution < 1.29 is 9.69 Å². The van der Waals surface area contributed by atoms with Gasteiger partial charge in [0.2, 0.25) is 5.91 Å². The Morgan fingerprint density at radius 1 is 1.24 bits per heavy atom. The van der Waals surface area contributed by atoms with E-state index >= 15 is 0 Å². The molecule has 3 heteroatoms. The molecule has 0 atom stereocenters. The van der Waals surface area contributed by atoms with Crippen LogP contribution in [0.3, 0.4) is 0 Å². The zero-order chi connectivity index (χ0) is 12.3. The summed E-state index contributed by atoms with van der Waals surface area (Å²) in [4.78, 5) is 15.6. The highest BCUT2D eigenvalue weighted by atomic mass is 16.2. The van der Waals surface area contributed by atoms with Crippen LogP contribution in [0.15, 0.2) is 24.3 Å². The number of benzene rings is 1. The van der Waals surface area contributed by atoms with Crippen molar-refractivity contribution >= 4 is 5.91 Å². The molecule has 0 aliphatic carbocycles. The summed E-state index contributed by atoms with van der Waals surface area (Å²) in [5.41, 5.74) is 2.36. The molecule has 1 amide bonds. The van der Waals surface area contributed by atoms with Crippen molar-refractivity contribution in [3.05, 3.63) is 35.4 Å². The van der Waals surface area contributed by atoms with Crippen molar-refractivity contribution in [1.82, 2.24) is 4.90 Å². The van der Waals surface area contributed by atoms with E-state index in [1.807, 2.05) is 4.90 Å². The summed E-state index contributed by atoms with van der Waals surface area (Å²) in [6, 6.07) is 8.23. The summed E-state index contributed by atoms with van der Waals surface area (Å²) in [7, 11) is 2.18. The summed E-state index contributed by atoms with van der Waals surface area (Å²) in [6.45, 7) is 6.00. The first-order valence-electron chi connectivity index (χ1n) is 6.30. The van der Waals surface area contributed by atoms with E-state index in [9.17, 15) is 4.79 Å². The van der Waals surface area contributed by atoms with Gasteiger partial charge in [0, 0.05) is 0 Å². The van der Waals surface area contributed by atoms with Crippen LogP contribution in [0.4, 0.5) is 0 Å². The van der Waals surface area contributed by atoms with E-state index in [4.69, 9.17) is 0 Å². The molecule has 1 N–H and O–H groups in total. The van der Waals surface area contributed by atoms with Crippen molar-refractivity contribution in [1.29, 1.82) is 0 Å². The van der Waals surface area contributed by atoms with Crippen molar-refractivity contribution in [3.8, 4) is 0 Å². The van der Waals surface area contributed by atoms with Gasteiger partial charge in [-0.25, -0.2) is 0 Å². The fourth-order valence-corrected chi connectivity index (χ4v) is 2.13. The summed E-state index contributed by atoms with van der Waals surface area (Å²) in [6.07, 6.45) is 0.541. The van der Waals surface area contributed by atoms with Crippen LogP contribution in [0.1, 0.15) is 11.1 Å². The van der Waals surface area contributed by atoms with Crippen molar-refractivity contribution in [3.63, 3.8) is 0 Å². The molecule has 1 aromatic rings. The van der Waals surface area contributed by atoms with Crippen LogP contribution < -0.4 is 4.90 Å². The Morgan fingerprint density at radius 2 is 1.82 bits per heavy atom. The second kappa shape index (κ2) is 5.32. The second-order valence-corrected chi connectivity index (χ2v) is 5.00. The Balaban J connectivity index is 1.90. The zero-order valence-electron chi connectivity index (χ0n) is 10.7. The molecule has 0 radical (unpaired) electrons. The van der Waals surface area contributed by atoms with Gasteiger partial charge in [0.15, 0.2) is 0 Å². The third kappa shape index (κ3) is 3.30. The summed E-state index contributed by atoms with van der Waals surface area (Å²) in [5.74, 6) is 0.265. The molecule has 1 heterocycles. The Bertz CT molecular complexity index is 378. The minimum atomic E-state index is 0.265. The number of hydrogen-bond donors (Lipinski definition) is 1. The smallest absolute Gasteiger partial charge is 0.227 e. The van der Waals surface area contributed by atoms with E-state index in [2.05, 4.69) is 38.2 Å². The van der Waals surface area contributed by atoms with Gasteiger partial charge in [0.05, 0.1) is 39.6 Å². The van der Waals surface area contributed by atoms with Gasteiger partial charge in [-0.2, -0.15) is 0 Å². The second-order valence-electron chi connectivity index (χ2n) is 5.00. The number of hydrogen-bond acceptors (Lipinski definition) is 1. The average Bonchev–Trinajstić information content (AvgIpc) is 2.33. The third-order valence-corrected chi connectivity index (χ3v) is 3.45. The molecule has 1 aromatic carbocycles. The third-order valence-electron chi connectivity index (χ3n) is 3.45. The van der Waals surface area contributed by atoms with Crippen molar-refractivity contribution in [2.75, 3.05) is 33.2 Å². The number of likely N-dealkylation sites (N-methyl/N-ethyl adjacent to an activating group) is 1. The number of quaternary nitrogens is 1. The molecule has 0 bridgehead atoms. The standard InChI is InChI=1S/C14H20N2O/c1-12-3-5-13(6-4-12)11-14(17)16-9-7-15(2)8-10-16/h3-6H,7-11H2,1-2H3/p+1. The highest BCUT2D eigenvalue weighted by molar-refractivity contribution is 5.78. The minimum Gasteiger partial charge on any atom is -0.334 e. The number of aryl methyl sites for hydroxylation is 1. The molecular formula is C14H21N2O+. The van der Waals surface area contributed by atoms with Crippen LogP contribution in [0, 0.1) is 6.92 Å². The molecule has 0 unspecified atom stereocenters. The van der Waals surface area contributed by atoms with E-state index in [-0.39, 0.29) is 5.91 Å². The first-order chi connectivity index (χ1) is 8.15. The Kier molecular flexibility index (Phi) is 3.79. The van der Waals surface area contributed by atoms with Crippen molar-refractivity contribution in [2.45, 2.75) is 13.3 Å². The molecular weight excluding hydrogens is 212 g/mol. The number of piperazine rings is 1. The van der Waals surface area contributed by atoms with Gasteiger partial charge in [-0.05, 0) is 12.5 Å². The molecule has 0 saturated carbocycles. The maximum absolute atomic E-state index is 12.1. The predicted octanol–water partition coefficient (Wildman–Crippen LogP) is -0.106. The van der Waals surface area contributed by atoms with Crippen LogP contribution in [0.5, 0.6) is 0 Å². The molecule has 17 heavy (non-hydrogen) atoms. The molecule has 2 rings (SSSR count). The first-order valence-corrected chi connectivity index (χ1v) is 6.30. The normalized spacial score (nSPS) is 17.2. The van der Waals surface area contributed by atoms with Crippen LogP contribution in [-0.2, 0) is 11.2 Å². The lowest BCUT2D eigenvalue weighted by Gasteiger charge is -2.30. The monoisotopic (exact) mass is 233 g/mol. The SMILES string of the molecule is Cc1ccc(CC(=O)N2CC[NH+](C)CC2)cc1. The van der Waals surface area contributed by atoms with Gasteiger partial charge >= 0.3 is 0 Å². The molecule has 1 fully saturated rings. The number of amides is 1. The van der Waals surface area contributed by atoms with Gasteiger partial charge in [-0.1, -0.05) is 29.8 Å². The molecule has 3 nitrogen and oxygen atoms in total. The zero-order valence-corrected chi connectivity index (χ0v) is 10.7. The van der Waals surface area contributed by atoms with E-state index in [1.165, 1.54) is 10.5 Å². The lowest BCUT2D eigenvalue weighted by molar-refractivity contribution is -0.883. The Labute approximate surface area is 103 Å². The molecule has 1 aliphatic rings. The van der Waals surface area contributed by atoms with Gasteiger partial charge in [-0.15, -0.1) is 0 Å². The number of nitrogens with one attached hydrogen (secondary N) is 1. The number of carbonyl (C=O) groups is 1. The fraction of sp³-hybridized carbons (Fsp3) is 0.500. The predicted molar refractivity (Wildman–Crippen MR) is 68.1 cm³/mol. The lowest BCUT2D eigenvalue weighted by atomic mass is 10.1. The van der Waals surface area contributed by atoms with E-state index < -0.39 is 0 Å². The number of nitrogens with zero attached hydrogens (tertiary/aromatic N) is 1. The molecule has 92 valence electrons. The lowest BCUT2D eigenvalue weighted by Crippen LogP contribution is -3.12. The molecule has 1 saturated heterocycles. The van der Waals surface area contributed by atoms with Crippen LogP contribution in [0.25, 0.3) is 0 Å². The summed E-state index contributed by atoms with van der Waals surface area (Å²) < 4.78 is 0. The van der Waals surface area contributed by atoms with Gasteiger partial charge in [0.25, 0.3) is 0 Å². The highest BCUT2D eigenvalue weighted by Crippen LogP contribution is 2.06. The maximum atomic E-state index is 12.1. The molecule has 0 spiro atoms. The Hall–Kier alpha value is -1.35. The van der Waals surface area contributed by atoms with Crippen LogP contribution in [0.2, 0.25) is 0 Å². The topological polar surface area (TPSA) is 24.8 Å². The first kappa shape index (κ1) is 12.1. The summed E-state index contributed by atoms with van der Waals surface area (Å²) >= 11 is 0. The van der Waals surface area contributed by atoms with Gasteiger partial charge in [-0.3, -0.25) is 4.79 Å². The quantitative estimate of drug-likeness (QED) is 0.758. The Morgan fingerprint density at radius 3 is 2.41 bits per heavy atom. The van der Waals surface area contributed by atoms with E-state index in [0.717, 1.165) is 31.7 Å².